The number of hydrogen-bond donors (Lipinski definition) is 2. The van der Waals surface area contributed by atoms with Gasteiger partial charge in [-0.15, -0.1) is 0 Å². The molecule has 1 aliphatic rings. The summed E-state index contributed by atoms with van der Waals surface area (Å²) in [5, 5.41) is 9.70. The van der Waals surface area contributed by atoms with Crippen molar-refractivity contribution >= 4 is 22.8 Å². The second-order valence-electron chi connectivity index (χ2n) is 7.37. The van der Waals surface area contributed by atoms with E-state index in [1.54, 1.807) is 6.07 Å². The van der Waals surface area contributed by atoms with Crippen molar-refractivity contribution in [2.45, 2.75) is 24.9 Å². The van der Waals surface area contributed by atoms with Crippen molar-refractivity contribution in [2.24, 2.45) is 0 Å². The molecule has 1 aromatic heterocycles. The summed E-state index contributed by atoms with van der Waals surface area (Å²) in [5.74, 6) is -2.21. The molecular formula is C22H20F2N2O3. The van der Waals surface area contributed by atoms with Gasteiger partial charge < -0.3 is 15.0 Å². The minimum Gasteiger partial charge on any atom is -0.479 e. The van der Waals surface area contributed by atoms with Crippen molar-refractivity contribution in [1.82, 2.24) is 9.88 Å². The highest BCUT2D eigenvalue weighted by Crippen LogP contribution is 2.32. The third-order valence-corrected chi connectivity index (χ3v) is 5.47. The Balaban J connectivity index is 1.60. The van der Waals surface area contributed by atoms with Gasteiger partial charge >= 0.3 is 5.97 Å². The molecular weight excluding hydrogens is 378 g/mol. The topological polar surface area (TPSA) is 73.4 Å². The van der Waals surface area contributed by atoms with Crippen LogP contribution < -0.4 is 0 Å². The number of H-pyrrole nitrogens is 1. The average Bonchev–Trinajstić information content (AvgIpc) is 3.28. The summed E-state index contributed by atoms with van der Waals surface area (Å²) < 4.78 is 28.1. The van der Waals surface area contributed by atoms with Gasteiger partial charge in [-0.05, 0) is 35.7 Å². The number of rotatable bonds is 5. The molecule has 0 saturated carbocycles. The van der Waals surface area contributed by atoms with Crippen LogP contribution in [0.15, 0.2) is 48.5 Å². The third-order valence-electron chi connectivity index (χ3n) is 5.47. The molecule has 0 radical (unpaired) electrons. The Hall–Kier alpha value is -3.22. The maximum Gasteiger partial charge on any atom is 0.343 e. The molecule has 1 aliphatic heterocycles. The van der Waals surface area contributed by atoms with Gasteiger partial charge in [-0.1, -0.05) is 30.3 Å². The van der Waals surface area contributed by atoms with Crippen LogP contribution >= 0.6 is 0 Å². The smallest absolute Gasteiger partial charge is 0.343 e. The molecule has 29 heavy (non-hydrogen) atoms. The Morgan fingerprint density at radius 3 is 2.62 bits per heavy atom. The number of likely N-dealkylation sites (tertiary alicyclic amines) is 1. The number of fused-ring (bicyclic) bond motifs is 1. The number of amides is 1. The number of aromatic amines is 1. The van der Waals surface area contributed by atoms with E-state index in [9.17, 15) is 18.4 Å². The van der Waals surface area contributed by atoms with Gasteiger partial charge in [0, 0.05) is 36.0 Å². The Morgan fingerprint density at radius 2 is 1.93 bits per heavy atom. The van der Waals surface area contributed by atoms with Crippen LogP contribution in [0.2, 0.25) is 0 Å². The summed E-state index contributed by atoms with van der Waals surface area (Å²) in [6.07, 6.45) is 0.204. The van der Waals surface area contributed by atoms with Gasteiger partial charge in [-0.25, -0.2) is 13.6 Å². The minimum absolute atomic E-state index is 0.0791. The highest BCUT2D eigenvalue weighted by atomic mass is 19.1. The van der Waals surface area contributed by atoms with Crippen LogP contribution in [-0.4, -0.2) is 45.6 Å². The largest absolute Gasteiger partial charge is 0.479 e. The van der Waals surface area contributed by atoms with E-state index in [-0.39, 0.29) is 31.1 Å². The molecule has 1 unspecified atom stereocenters. The average molecular weight is 398 g/mol. The molecule has 2 aromatic carbocycles. The molecule has 0 bridgehead atoms. The zero-order valence-electron chi connectivity index (χ0n) is 15.6. The first-order chi connectivity index (χ1) is 13.9. The summed E-state index contributed by atoms with van der Waals surface area (Å²) in [5.41, 5.74) is 0.923. The number of aromatic nitrogens is 1. The van der Waals surface area contributed by atoms with Crippen molar-refractivity contribution < 1.29 is 23.5 Å². The number of alkyl halides is 1. The van der Waals surface area contributed by atoms with Crippen molar-refractivity contribution in [2.75, 3.05) is 13.1 Å². The molecule has 1 atom stereocenters. The van der Waals surface area contributed by atoms with E-state index < -0.39 is 18.2 Å². The normalized spacial score (nSPS) is 19.0. The number of carbonyl (C=O) groups excluding carboxylic acids is 1. The molecule has 0 aliphatic carbocycles. The number of halogens is 2. The zero-order chi connectivity index (χ0) is 20.6. The molecule has 1 amide bonds. The predicted octanol–water partition coefficient (Wildman–Crippen LogP) is 3.93. The van der Waals surface area contributed by atoms with E-state index in [0.29, 0.717) is 11.8 Å². The summed E-state index contributed by atoms with van der Waals surface area (Å²) in [6, 6.07) is 14.0. The van der Waals surface area contributed by atoms with Crippen LogP contribution in [0.4, 0.5) is 8.78 Å². The number of carbonyl (C=O) groups is 2. The molecule has 4 rings (SSSR count). The summed E-state index contributed by atoms with van der Waals surface area (Å²) >= 11 is 0. The number of aryl methyl sites for hydroxylation is 1. The Labute approximate surface area is 166 Å². The predicted molar refractivity (Wildman–Crippen MR) is 105 cm³/mol. The first-order valence-corrected chi connectivity index (χ1v) is 9.43. The molecule has 2 N–H and O–H groups in total. The maximum atomic E-state index is 14.3. The number of carboxylic acids is 1. The van der Waals surface area contributed by atoms with Crippen molar-refractivity contribution in [3.8, 4) is 11.3 Å². The lowest BCUT2D eigenvalue weighted by molar-refractivity contribution is -0.150. The van der Waals surface area contributed by atoms with E-state index in [1.807, 2.05) is 30.3 Å². The quantitative estimate of drug-likeness (QED) is 0.684. The monoisotopic (exact) mass is 398 g/mol. The molecule has 3 aromatic rings. The maximum absolute atomic E-state index is 14.3. The highest BCUT2D eigenvalue weighted by molar-refractivity contribution is 5.91. The SMILES string of the molecule is O=C(CCc1c(-c2ccccc2)[nH]c2ccc(F)cc12)N1CCC(F)(C(=O)O)C1. The summed E-state index contributed by atoms with van der Waals surface area (Å²) in [6.45, 7) is -0.356. The van der Waals surface area contributed by atoms with Gasteiger partial charge in [0.2, 0.25) is 11.6 Å². The number of nitrogens with one attached hydrogen (secondary N) is 1. The van der Waals surface area contributed by atoms with Crippen molar-refractivity contribution in [3.63, 3.8) is 0 Å². The number of carboxylic acid groups (broad SMARTS) is 1. The highest BCUT2D eigenvalue weighted by Gasteiger charge is 2.46. The number of aliphatic carboxylic acids is 1. The van der Waals surface area contributed by atoms with Crippen molar-refractivity contribution in [1.29, 1.82) is 0 Å². The lowest BCUT2D eigenvalue weighted by atomic mass is 10.0. The van der Waals surface area contributed by atoms with E-state index in [0.717, 1.165) is 22.3 Å². The molecule has 2 heterocycles. The van der Waals surface area contributed by atoms with Crippen molar-refractivity contribution in [3.05, 3.63) is 59.9 Å². The first-order valence-electron chi connectivity index (χ1n) is 9.43. The number of nitrogens with zero attached hydrogens (tertiary/aromatic N) is 1. The molecule has 7 heteroatoms. The molecule has 1 fully saturated rings. The van der Waals surface area contributed by atoms with Gasteiger partial charge in [0.05, 0.1) is 6.54 Å². The number of benzene rings is 2. The molecule has 0 spiro atoms. The second-order valence-corrected chi connectivity index (χ2v) is 7.37. The van der Waals surface area contributed by atoms with E-state index in [2.05, 4.69) is 4.98 Å². The van der Waals surface area contributed by atoms with Gasteiger partial charge in [-0.2, -0.15) is 0 Å². The lowest BCUT2D eigenvalue weighted by Crippen LogP contribution is -2.38. The summed E-state index contributed by atoms with van der Waals surface area (Å²) in [4.78, 5) is 28.2. The van der Waals surface area contributed by atoms with E-state index >= 15 is 0 Å². The second kappa shape index (κ2) is 7.31. The van der Waals surface area contributed by atoms with Gasteiger partial charge in [0.15, 0.2) is 0 Å². The zero-order valence-corrected chi connectivity index (χ0v) is 15.6. The standard InChI is InChI=1S/C22H20F2N2O3/c23-15-6-8-18-17(12-15)16(20(25-18)14-4-2-1-3-5-14)7-9-19(27)26-11-10-22(24,13-26)21(28)29/h1-6,8,12,25H,7,9-11,13H2,(H,28,29). The Bertz CT molecular complexity index is 1080. The summed E-state index contributed by atoms with van der Waals surface area (Å²) in [7, 11) is 0. The molecule has 150 valence electrons. The van der Waals surface area contributed by atoms with E-state index in [1.165, 1.54) is 17.0 Å². The van der Waals surface area contributed by atoms with Crippen LogP contribution in [0, 0.1) is 5.82 Å². The fraction of sp³-hybridized carbons (Fsp3) is 0.273. The van der Waals surface area contributed by atoms with E-state index in [4.69, 9.17) is 5.11 Å². The third kappa shape index (κ3) is 3.60. The Morgan fingerprint density at radius 1 is 1.17 bits per heavy atom. The minimum atomic E-state index is -2.38. The number of hydrogen-bond acceptors (Lipinski definition) is 2. The fourth-order valence-corrected chi connectivity index (χ4v) is 3.88. The first kappa shape index (κ1) is 19.1. The van der Waals surface area contributed by atoms with Crippen LogP contribution in [-0.2, 0) is 16.0 Å². The Kier molecular flexibility index (Phi) is 4.82. The van der Waals surface area contributed by atoms with Crippen LogP contribution in [0.3, 0.4) is 0 Å². The van der Waals surface area contributed by atoms with Gasteiger partial charge in [-0.3, -0.25) is 4.79 Å². The lowest BCUT2D eigenvalue weighted by Gasteiger charge is -2.18. The van der Waals surface area contributed by atoms with Crippen LogP contribution in [0.5, 0.6) is 0 Å². The van der Waals surface area contributed by atoms with Crippen LogP contribution in [0.1, 0.15) is 18.4 Å². The fourth-order valence-electron chi connectivity index (χ4n) is 3.88. The molecule has 5 nitrogen and oxygen atoms in total. The van der Waals surface area contributed by atoms with Crippen LogP contribution in [0.25, 0.3) is 22.2 Å². The van der Waals surface area contributed by atoms with Gasteiger partial charge in [0.25, 0.3) is 0 Å². The molecule has 1 saturated heterocycles. The van der Waals surface area contributed by atoms with Gasteiger partial charge in [0.1, 0.15) is 5.82 Å².